The zero-order chi connectivity index (χ0) is 22.0. The predicted octanol–water partition coefficient (Wildman–Crippen LogP) is -0.350. The van der Waals surface area contributed by atoms with E-state index in [0.29, 0.717) is 52.4 Å². The van der Waals surface area contributed by atoms with Gasteiger partial charge in [-0.15, -0.1) is 0 Å². The summed E-state index contributed by atoms with van der Waals surface area (Å²) < 4.78 is 0. The van der Waals surface area contributed by atoms with Gasteiger partial charge in [0.05, 0.1) is 19.6 Å². The number of hydrogen-bond donors (Lipinski definition) is 3. The van der Waals surface area contributed by atoms with E-state index in [-0.39, 0.29) is 25.2 Å². The molecule has 1 aliphatic heterocycles. The van der Waals surface area contributed by atoms with E-state index in [2.05, 4.69) is 25.7 Å². The quantitative estimate of drug-likeness (QED) is 0.483. The van der Waals surface area contributed by atoms with Crippen LogP contribution in [0.25, 0.3) is 0 Å². The number of aliphatic carboxylic acids is 3. The maximum atomic E-state index is 11.3. The van der Waals surface area contributed by atoms with Gasteiger partial charge in [-0.2, -0.15) is 0 Å². The summed E-state index contributed by atoms with van der Waals surface area (Å²) in [6.07, 6.45) is 0.914. The molecule has 0 aromatic rings. The van der Waals surface area contributed by atoms with Crippen molar-refractivity contribution in [2.75, 3.05) is 72.0 Å². The fraction of sp³-hybridized carbons (Fsp3) is 0.842. The van der Waals surface area contributed by atoms with E-state index in [0.717, 1.165) is 6.42 Å². The van der Waals surface area contributed by atoms with Crippen LogP contribution in [0.2, 0.25) is 0 Å². The minimum absolute atomic E-state index is 0.0908. The van der Waals surface area contributed by atoms with Crippen LogP contribution in [0.3, 0.4) is 0 Å². The van der Waals surface area contributed by atoms with Gasteiger partial charge in [0.2, 0.25) is 0 Å². The van der Waals surface area contributed by atoms with Gasteiger partial charge in [0.15, 0.2) is 0 Å². The minimum Gasteiger partial charge on any atom is -0.480 e. The van der Waals surface area contributed by atoms with Gasteiger partial charge in [-0.1, -0.05) is 6.92 Å². The number of carboxylic acid groups (broad SMARTS) is 3. The first-order valence-electron chi connectivity index (χ1n) is 10.1. The summed E-state index contributed by atoms with van der Waals surface area (Å²) in [6.45, 7) is 10.2. The SMILES string of the molecule is CCC(C)(C)N1CCN(CC(=O)O)CCN(CC(=O)O)CCN(CC(=O)O)CC1. The van der Waals surface area contributed by atoms with E-state index in [1.165, 1.54) is 0 Å². The van der Waals surface area contributed by atoms with Crippen LogP contribution in [0.15, 0.2) is 0 Å². The molecule has 0 aromatic heterocycles. The zero-order valence-corrected chi connectivity index (χ0v) is 17.8. The molecule has 0 aromatic carbocycles. The van der Waals surface area contributed by atoms with E-state index < -0.39 is 17.9 Å². The molecule has 0 unspecified atom stereocenters. The molecule has 0 bridgehead atoms. The van der Waals surface area contributed by atoms with E-state index in [1.807, 2.05) is 9.80 Å². The monoisotopic (exact) mass is 416 g/mol. The van der Waals surface area contributed by atoms with Crippen LogP contribution in [-0.4, -0.2) is 130 Å². The minimum atomic E-state index is -0.956. The number of rotatable bonds is 8. The van der Waals surface area contributed by atoms with E-state index in [1.54, 1.807) is 4.90 Å². The third kappa shape index (κ3) is 10.0. The van der Waals surface area contributed by atoms with Gasteiger partial charge in [0.25, 0.3) is 0 Å². The lowest BCUT2D eigenvalue weighted by molar-refractivity contribution is -0.140. The summed E-state index contributed by atoms with van der Waals surface area (Å²) in [5.41, 5.74) is -0.0940. The second-order valence-corrected chi connectivity index (χ2v) is 8.16. The maximum Gasteiger partial charge on any atom is 0.317 e. The van der Waals surface area contributed by atoms with E-state index >= 15 is 0 Å². The third-order valence-electron chi connectivity index (χ3n) is 5.64. The third-order valence-corrected chi connectivity index (χ3v) is 5.64. The predicted molar refractivity (Wildman–Crippen MR) is 108 cm³/mol. The Bertz CT molecular complexity index is 525. The lowest BCUT2D eigenvalue weighted by Crippen LogP contribution is -2.53. The Balaban J connectivity index is 3.00. The summed E-state index contributed by atoms with van der Waals surface area (Å²) >= 11 is 0. The standard InChI is InChI=1S/C19H36N4O6/c1-4-19(2,3)23-11-9-21(14-17(26)27)7-5-20(13-16(24)25)6-8-22(10-12-23)15-18(28)29/h4-15H2,1-3H3,(H,24,25)(H,26,27)(H,28,29). The molecule has 10 nitrogen and oxygen atoms in total. The molecule has 0 amide bonds. The van der Waals surface area contributed by atoms with Crippen molar-refractivity contribution in [3.8, 4) is 0 Å². The Hall–Kier alpha value is -1.75. The highest BCUT2D eigenvalue weighted by molar-refractivity contribution is 5.69. The van der Waals surface area contributed by atoms with Crippen molar-refractivity contribution in [1.29, 1.82) is 0 Å². The van der Waals surface area contributed by atoms with Crippen molar-refractivity contribution in [1.82, 2.24) is 19.6 Å². The maximum absolute atomic E-state index is 11.3. The van der Waals surface area contributed by atoms with Gasteiger partial charge in [-0.3, -0.25) is 34.0 Å². The number of carboxylic acids is 3. The number of hydrogen-bond acceptors (Lipinski definition) is 7. The van der Waals surface area contributed by atoms with Crippen LogP contribution in [0.1, 0.15) is 27.2 Å². The normalized spacial score (nSPS) is 20.0. The lowest BCUT2D eigenvalue weighted by Gasteiger charge is -2.41. The van der Waals surface area contributed by atoms with Crippen molar-refractivity contribution in [3.63, 3.8) is 0 Å². The van der Waals surface area contributed by atoms with Gasteiger partial charge < -0.3 is 15.3 Å². The molecule has 10 heteroatoms. The molecule has 1 saturated heterocycles. The highest BCUT2D eigenvalue weighted by Crippen LogP contribution is 2.18. The van der Waals surface area contributed by atoms with Crippen molar-refractivity contribution in [3.05, 3.63) is 0 Å². The Kier molecular flexibility index (Phi) is 10.5. The van der Waals surface area contributed by atoms with Gasteiger partial charge in [0.1, 0.15) is 0 Å². The fourth-order valence-corrected chi connectivity index (χ4v) is 3.41. The van der Waals surface area contributed by atoms with Gasteiger partial charge in [-0.25, -0.2) is 0 Å². The van der Waals surface area contributed by atoms with Crippen LogP contribution in [-0.2, 0) is 14.4 Å². The molecule has 1 heterocycles. The molecule has 3 N–H and O–H groups in total. The molecule has 0 atom stereocenters. The molecule has 29 heavy (non-hydrogen) atoms. The average molecular weight is 417 g/mol. The topological polar surface area (TPSA) is 125 Å². The summed E-state index contributed by atoms with van der Waals surface area (Å²) in [4.78, 5) is 41.4. The van der Waals surface area contributed by atoms with Crippen LogP contribution >= 0.6 is 0 Å². The highest BCUT2D eigenvalue weighted by atomic mass is 16.4. The Morgan fingerprint density at radius 3 is 1.17 bits per heavy atom. The Labute approximate surface area is 172 Å². The molecule has 1 fully saturated rings. The molecule has 0 saturated carbocycles. The van der Waals surface area contributed by atoms with Gasteiger partial charge in [-0.05, 0) is 20.3 Å². The van der Waals surface area contributed by atoms with E-state index in [9.17, 15) is 24.6 Å². The summed E-state index contributed by atoms with van der Waals surface area (Å²) in [7, 11) is 0. The van der Waals surface area contributed by atoms with Gasteiger partial charge in [0, 0.05) is 57.9 Å². The first kappa shape index (κ1) is 25.3. The second kappa shape index (κ2) is 12.1. The summed E-state index contributed by atoms with van der Waals surface area (Å²) in [5, 5.41) is 27.6. The van der Waals surface area contributed by atoms with Crippen LogP contribution in [0.5, 0.6) is 0 Å². The molecule has 168 valence electrons. The second-order valence-electron chi connectivity index (χ2n) is 8.16. The van der Waals surface area contributed by atoms with Crippen molar-refractivity contribution >= 4 is 17.9 Å². The molecule has 1 rings (SSSR count). The number of carbonyl (C=O) groups is 3. The van der Waals surface area contributed by atoms with Crippen LogP contribution in [0, 0.1) is 0 Å². The Morgan fingerprint density at radius 2 is 0.931 bits per heavy atom. The van der Waals surface area contributed by atoms with Gasteiger partial charge >= 0.3 is 17.9 Å². The highest BCUT2D eigenvalue weighted by Gasteiger charge is 2.27. The first-order chi connectivity index (χ1) is 13.5. The zero-order valence-electron chi connectivity index (χ0n) is 17.8. The summed E-state index contributed by atoms with van der Waals surface area (Å²) in [6, 6.07) is 0. The lowest BCUT2D eigenvalue weighted by atomic mass is 9.99. The smallest absolute Gasteiger partial charge is 0.317 e. The molecular formula is C19H36N4O6. The van der Waals surface area contributed by atoms with Crippen LogP contribution < -0.4 is 0 Å². The van der Waals surface area contributed by atoms with Crippen molar-refractivity contribution in [2.45, 2.75) is 32.7 Å². The van der Waals surface area contributed by atoms with E-state index in [4.69, 9.17) is 5.11 Å². The first-order valence-corrected chi connectivity index (χ1v) is 10.1. The molecule has 0 radical (unpaired) electrons. The largest absolute Gasteiger partial charge is 0.480 e. The summed E-state index contributed by atoms with van der Waals surface area (Å²) in [5.74, 6) is -2.77. The average Bonchev–Trinajstić information content (AvgIpc) is 2.60. The fourth-order valence-electron chi connectivity index (χ4n) is 3.41. The van der Waals surface area contributed by atoms with Crippen molar-refractivity contribution in [2.24, 2.45) is 0 Å². The van der Waals surface area contributed by atoms with Crippen molar-refractivity contribution < 1.29 is 29.7 Å². The Morgan fingerprint density at radius 1 is 0.655 bits per heavy atom. The van der Waals surface area contributed by atoms with Crippen LogP contribution in [0.4, 0.5) is 0 Å². The molecule has 0 aliphatic carbocycles. The molecular weight excluding hydrogens is 380 g/mol. The molecule has 0 spiro atoms. The number of nitrogens with zero attached hydrogens (tertiary/aromatic N) is 4. The molecule has 1 aliphatic rings.